The molecule has 0 amide bonds. The summed E-state index contributed by atoms with van der Waals surface area (Å²) in [4.78, 5) is 0. The second-order valence-corrected chi connectivity index (χ2v) is 4.98. The van der Waals surface area contributed by atoms with Gasteiger partial charge in [-0.2, -0.15) is 0 Å². The summed E-state index contributed by atoms with van der Waals surface area (Å²) < 4.78 is 5.81. The first-order valence-electron chi connectivity index (χ1n) is 5.79. The number of nitrogens with one attached hydrogen (secondary N) is 1. The Morgan fingerprint density at radius 2 is 1.69 bits per heavy atom. The predicted molar refractivity (Wildman–Crippen MR) is 51.6 cm³/mol. The van der Waals surface area contributed by atoms with Gasteiger partial charge in [-0.1, -0.05) is 0 Å². The number of rotatable bonds is 3. The Hall–Kier alpha value is -0.0800. The van der Waals surface area contributed by atoms with E-state index in [4.69, 9.17) is 4.74 Å². The first-order chi connectivity index (χ1) is 6.40. The highest BCUT2D eigenvalue weighted by Gasteiger charge is 2.35. The van der Waals surface area contributed by atoms with Gasteiger partial charge in [-0.25, -0.2) is 0 Å². The molecule has 3 aliphatic rings. The van der Waals surface area contributed by atoms with Crippen molar-refractivity contribution < 1.29 is 4.74 Å². The van der Waals surface area contributed by atoms with Crippen molar-refractivity contribution >= 4 is 0 Å². The van der Waals surface area contributed by atoms with E-state index in [1.54, 1.807) is 0 Å². The van der Waals surface area contributed by atoms with Crippen molar-refractivity contribution in [3.63, 3.8) is 0 Å². The van der Waals surface area contributed by atoms with E-state index in [9.17, 15) is 0 Å². The molecule has 0 spiro atoms. The molecule has 1 aliphatic carbocycles. The summed E-state index contributed by atoms with van der Waals surface area (Å²) in [5, 5.41) is 3.70. The zero-order valence-electron chi connectivity index (χ0n) is 8.17. The van der Waals surface area contributed by atoms with Crippen LogP contribution in [-0.2, 0) is 4.74 Å². The van der Waals surface area contributed by atoms with E-state index in [0.717, 1.165) is 12.0 Å². The zero-order valence-corrected chi connectivity index (χ0v) is 8.17. The lowest BCUT2D eigenvalue weighted by molar-refractivity contribution is -0.00871. The lowest BCUT2D eigenvalue weighted by Gasteiger charge is -2.29. The van der Waals surface area contributed by atoms with Gasteiger partial charge in [0.15, 0.2) is 0 Å². The molecule has 2 unspecified atom stereocenters. The average molecular weight is 181 g/mol. The molecule has 2 saturated heterocycles. The minimum absolute atomic E-state index is 0.593. The molecule has 2 aliphatic heterocycles. The summed E-state index contributed by atoms with van der Waals surface area (Å²) in [5.41, 5.74) is 0. The molecule has 0 radical (unpaired) electrons. The number of fused-ring (bicyclic) bond motifs is 2. The molecule has 0 aromatic heterocycles. The van der Waals surface area contributed by atoms with Crippen LogP contribution in [0.3, 0.4) is 0 Å². The molecule has 2 bridgehead atoms. The van der Waals surface area contributed by atoms with Crippen molar-refractivity contribution in [2.24, 2.45) is 5.92 Å². The largest absolute Gasteiger partial charge is 0.375 e. The average Bonchev–Trinajstić information content (AvgIpc) is 2.90. The molecular formula is C11H19NO. The third-order valence-corrected chi connectivity index (χ3v) is 3.68. The van der Waals surface area contributed by atoms with Crippen LogP contribution in [-0.4, -0.2) is 24.8 Å². The third kappa shape index (κ3) is 1.89. The van der Waals surface area contributed by atoms with Gasteiger partial charge in [0.25, 0.3) is 0 Å². The van der Waals surface area contributed by atoms with Crippen molar-refractivity contribution in [1.82, 2.24) is 5.32 Å². The Balaban J connectivity index is 1.48. The molecule has 13 heavy (non-hydrogen) atoms. The van der Waals surface area contributed by atoms with Crippen LogP contribution >= 0.6 is 0 Å². The highest BCUT2D eigenvalue weighted by atomic mass is 16.5. The fourth-order valence-electron chi connectivity index (χ4n) is 2.68. The van der Waals surface area contributed by atoms with Gasteiger partial charge in [0.1, 0.15) is 0 Å². The summed E-state index contributed by atoms with van der Waals surface area (Å²) in [6.07, 6.45) is 9.27. The van der Waals surface area contributed by atoms with E-state index in [1.807, 2.05) is 0 Å². The normalized spacial score (nSPS) is 43.8. The van der Waals surface area contributed by atoms with E-state index in [0.29, 0.717) is 12.2 Å². The van der Waals surface area contributed by atoms with Crippen LogP contribution in [0, 0.1) is 5.92 Å². The van der Waals surface area contributed by atoms with E-state index in [1.165, 1.54) is 45.1 Å². The first-order valence-corrected chi connectivity index (χ1v) is 5.79. The zero-order chi connectivity index (χ0) is 8.67. The first kappa shape index (κ1) is 8.25. The molecular weight excluding hydrogens is 162 g/mol. The Morgan fingerprint density at radius 1 is 1.00 bits per heavy atom. The maximum atomic E-state index is 5.81. The van der Waals surface area contributed by atoms with E-state index in [2.05, 4.69) is 5.32 Å². The highest BCUT2D eigenvalue weighted by Crippen LogP contribution is 2.33. The maximum Gasteiger partial charge on any atom is 0.0594 e. The third-order valence-electron chi connectivity index (χ3n) is 3.68. The van der Waals surface area contributed by atoms with Gasteiger partial charge in [0.2, 0.25) is 0 Å². The second kappa shape index (κ2) is 3.25. The topological polar surface area (TPSA) is 21.3 Å². The summed E-state index contributed by atoms with van der Waals surface area (Å²) >= 11 is 0. The summed E-state index contributed by atoms with van der Waals surface area (Å²) in [6, 6.07) is 0.770. The van der Waals surface area contributed by atoms with Gasteiger partial charge in [0, 0.05) is 6.04 Å². The lowest BCUT2D eigenvalue weighted by atomic mass is 10.0. The lowest BCUT2D eigenvalue weighted by Crippen LogP contribution is -2.39. The fraction of sp³-hybridized carbons (Fsp3) is 1.00. The van der Waals surface area contributed by atoms with Gasteiger partial charge >= 0.3 is 0 Å². The molecule has 1 N–H and O–H groups in total. The molecule has 1 saturated carbocycles. The smallest absolute Gasteiger partial charge is 0.0594 e. The molecule has 0 aromatic carbocycles. The predicted octanol–water partition coefficient (Wildman–Crippen LogP) is 1.70. The second-order valence-electron chi connectivity index (χ2n) is 4.98. The van der Waals surface area contributed by atoms with Crippen molar-refractivity contribution in [1.29, 1.82) is 0 Å². The maximum absolute atomic E-state index is 5.81. The SMILES string of the molecule is C1CC1CNC1CC2CCC(C1)O2. The van der Waals surface area contributed by atoms with Crippen LogP contribution in [0.1, 0.15) is 38.5 Å². The van der Waals surface area contributed by atoms with Crippen LogP contribution in [0.4, 0.5) is 0 Å². The van der Waals surface area contributed by atoms with Gasteiger partial charge in [-0.05, 0) is 51.0 Å². The summed E-state index contributed by atoms with van der Waals surface area (Å²) in [7, 11) is 0. The Bertz CT molecular complexity index is 179. The monoisotopic (exact) mass is 181 g/mol. The minimum Gasteiger partial charge on any atom is -0.375 e. The fourth-order valence-corrected chi connectivity index (χ4v) is 2.68. The Labute approximate surface area is 80.0 Å². The quantitative estimate of drug-likeness (QED) is 0.715. The molecule has 74 valence electrons. The number of hydrogen-bond acceptors (Lipinski definition) is 2. The molecule has 3 rings (SSSR count). The van der Waals surface area contributed by atoms with Crippen LogP contribution in [0.2, 0.25) is 0 Å². The summed E-state index contributed by atoms with van der Waals surface area (Å²) in [5.74, 6) is 1.01. The molecule has 2 atom stereocenters. The molecule has 0 aromatic rings. The van der Waals surface area contributed by atoms with Gasteiger partial charge in [0.05, 0.1) is 12.2 Å². The Morgan fingerprint density at radius 3 is 2.31 bits per heavy atom. The molecule has 2 heteroatoms. The molecule has 2 heterocycles. The highest BCUT2D eigenvalue weighted by molar-refractivity contribution is 4.89. The minimum atomic E-state index is 0.593. The van der Waals surface area contributed by atoms with Crippen molar-refractivity contribution in [2.45, 2.75) is 56.8 Å². The molecule has 3 fully saturated rings. The van der Waals surface area contributed by atoms with Crippen molar-refractivity contribution in [3.05, 3.63) is 0 Å². The van der Waals surface area contributed by atoms with E-state index in [-0.39, 0.29) is 0 Å². The van der Waals surface area contributed by atoms with Crippen LogP contribution < -0.4 is 5.32 Å². The van der Waals surface area contributed by atoms with E-state index < -0.39 is 0 Å². The van der Waals surface area contributed by atoms with Gasteiger partial charge < -0.3 is 10.1 Å². The standard InChI is InChI=1S/C11H19NO/c1-2-8(1)7-12-9-5-10-3-4-11(6-9)13-10/h8-12H,1-7H2. The Kier molecular flexibility index (Phi) is 2.06. The van der Waals surface area contributed by atoms with Crippen LogP contribution in [0.15, 0.2) is 0 Å². The van der Waals surface area contributed by atoms with Gasteiger partial charge in [-0.3, -0.25) is 0 Å². The summed E-state index contributed by atoms with van der Waals surface area (Å²) in [6.45, 7) is 1.27. The number of hydrogen-bond donors (Lipinski definition) is 1. The van der Waals surface area contributed by atoms with E-state index >= 15 is 0 Å². The van der Waals surface area contributed by atoms with Crippen molar-refractivity contribution in [3.8, 4) is 0 Å². The van der Waals surface area contributed by atoms with Gasteiger partial charge in [-0.15, -0.1) is 0 Å². The number of ether oxygens (including phenoxy) is 1. The van der Waals surface area contributed by atoms with Crippen molar-refractivity contribution in [2.75, 3.05) is 6.54 Å². The van der Waals surface area contributed by atoms with Crippen LogP contribution in [0.5, 0.6) is 0 Å². The molecule has 2 nitrogen and oxygen atoms in total. The van der Waals surface area contributed by atoms with Crippen LogP contribution in [0.25, 0.3) is 0 Å².